The molecule has 1 heterocycles. The van der Waals surface area contributed by atoms with Gasteiger partial charge in [-0.05, 0) is 19.1 Å². The van der Waals surface area contributed by atoms with Crippen LogP contribution in [0.3, 0.4) is 0 Å². The maximum Gasteiger partial charge on any atom is 0.147 e. The number of hydrogen-bond acceptors (Lipinski definition) is 2. The number of nitrogens with zero attached hydrogens (tertiary/aromatic N) is 1. The normalized spacial score (nSPS) is 10.4. The molecule has 0 saturated carbocycles. The summed E-state index contributed by atoms with van der Waals surface area (Å²) in [6.07, 6.45) is 1.67. The Kier molecular flexibility index (Phi) is 1.70. The highest BCUT2D eigenvalue weighted by Crippen LogP contribution is 2.21. The Labute approximate surface area is 70.4 Å². The van der Waals surface area contributed by atoms with Gasteiger partial charge in [-0.15, -0.1) is 0 Å². The van der Waals surface area contributed by atoms with Gasteiger partial charge in [-0.1, -0.05) is 6.07 Å². The van der Waals surface area contributed by atoms with E-state index in [9.17, 15) is 0 Å². The van der Waals surface area contributed by atoms with Crippen LogP contribution in [-0.4, -0.2) is 16.6 Å². The van der Waals surface area contributed by atoms with Crippen molar-refractivity contribution >= 4 is 11.0 Å². The number of ether oxygens (including phenoxy) is 1. The fourth-order valence-corrected chi connectivity index (χ4v) is 1.21. The molecule has 1 aromatic heterocycles. The van der Waals surface area contributed by atoms with Crippen molar-refractivity contribution in [3.63, 3.8) is 0 Å². The van der Waals surface area contributed by atoms with Crippen molar-refractivity contribution in [2.75, 3.05) is 6.61 Å². The first kappa shape index (κ1) is 7.16. The topological polar surface area (TPSA) is 37.9 Å². The van der Waals surface area contributed by atoms with Crippen molar-refractivity contribution in [3.05, 3.63) is 24.5 Å². The molecular formula is C9H10N2O. The van der Waals surface area contributed by atoms with Crippen LogP contribution in [0.15, 0.2) is 24.5 Å². The van der Waals surface area contributed by atoms with Gasteiger partial charge in [0.2, 0.25) is 0 Å². The van der Waals surface area contributed by atoms with Crippen LogP contribution in [0.5, 0.6) is 5.75 Å². The number of rotatable bonds is 2. The Morgan fingerprint density at radius 1 is 1.50 bits per heavy atom. The van der Waals surface area contributed by atoms with Gasteiger partial charge in [0.25, 0.3) is 0 Å². The van der Waals surface area contributed by atoms with E-state index in [1.54, 1.807) is 6.33 Å². The second kappa shape index (κ2) is 2.85. The molecule has 0 unspecified atom stereocenters. The van der Waals surface area contributed by atoms with Crippen molar-refractivity contribution in [2.45, 2.75) is 6.92 Å². The zero-order chi connectivity index (χ0) is 8.39. The number of nitrogens with one attached hydrogen (secondary N) is 1. The molecule has 3 nitrogen and oxygen atoms in total. The Bertz CT molecular complexity index is 381. The summed E-state index contributed by atoms with van der Waals surface area (Å²) in [5.41, 5.74) is 1.92. The lowest BCUT2D eigenvalue weighted by molar-refractivity contribution is 0.343. The molecular weight excluding hydrogens is 152 g/mol. The largest absolute Gasteiger partial charge is 0.492 e. The molecule has 3 heteroatoms. The van der Waals surface area contributed by atoms with Gasteiger partial charge in [-0.3, -0.25) is 0 Å². The zero-order valence-electron chi connectivity index (χ0n) is 6.87. The van der Waals surface area contributed by atoms with E-state index in [1.807, 2.05) is 25.1 Å². The standard InChI is InChI=1S/C9H10N2O/c1-2-12-8-5-3-4-7-9(8)11-6-10-7/h3-6H,2H2,1H3,(H,10,11). The van der Waals surface area contributed by atoms with Gasteiger partial charge in [-0.25, -0.2) is 4.98 Å². The smallest absolute Gasteiger partial charge is 0.147 e. The number of aromatic amines is 1. The van der Waals surface area contributed by atoms with Crippen molar-refractivity contribution in [2.24, 2.45) is 0 Å². The quantitative estimate of drug-likeness (QED) is 0.733. The summed E-state index contributed by atoms with van der Waals surface area (Å²) in [5, 5.41) is 0. The Balaban J connectivity index is 2.57. The molecule has 62 valence electrons. The van der Waals surface area contributed by atoms with Crippen molar-refractivity contribution in [1.29, 1.82) is 0 Å². The number of imidazole rings is 1. The van der Waals surface area contributed by atoms with Crippen LogP contribution in [0.4, 0.5) is 0 Å². The molecule has 12 heavy (non-hydrogen) atoms. The Hall–Kier alpha value is -1.51. The molecule has 0 saturated heterocycles. The zero-order valence-corrected chi connectivity index (χ0v) is 6.87. The maximum absolute atomic E-state index is 5.39. The number of H-pyrrole nitrogens is 1. The van der Waals surface area contributed by atoms with Gasteiger partial charge in [0, 0.05) is 0 Å². The van der Waals surface area contributed by atoms with E-state index in [4.69, 9.17) is 4.74 Å². The predicted molar refractivity (Wildman–Crippen MR) is 47.3 cm³/mol. The lowest BCUT2D eigenvalue weighted by atomic mass is 10.3. The predicted octanol–water partition coefficient (Wildman–Crippen LogP) is 1.96. The van der Waals surface area contributed by atoms with E-state index < -0.39 is 0 Å². The summed E-state index contributed by atoms with van der Waals surface area (Å²) >= 11 is 0. The average Bonchev–Trinajstić information content (AvgIpc) is 2.53. The van der Waals surface area contributed by atoms with Crippen LogP contribution in [0, 0.1) is 0 Å². The van der Waals surface area contributed by atoms with Crippen LogP contribution < -0.4 is 4.74 Å². The third-order valence-electron chi connectivity index (χ3n) is 1.71. The van der Waals surface area contributed by atoms with Gasteiger partial charge in [-0.2, -0.15) is 0 Å². The van der Waals surface area contributed by atoms with Gasteiger partial charge < -0.3 is 9.72 Å². The molecule has 0 bridgehead atoms. The lowest BCUT2D eigenvalue weighted by Gasteiger charge is -2.01. The van der Waals surface area contributed by atoms with E-state index in [0.29, 0.717) is 6.61 Å². The summed E-state index contributed by atoms with van der Waals surface area (Å²) < 4.78 is 5.39. The van der Waals surface area contributed by atoms with E-state index >= 15 is 0 Å². The highest BCUT2D eigenvalue weighted by molar-refractivity contribution is 5.80. The molecule has 2 rings (SSSR count). The summed E-state index contributed by atoms with van der Waals surface area (Å²) in [4.78, 5) is 7.18. The lowest BCUT2D eigenvalue weighted by Crippen LogP contribution is -1.91. The number of aromatic nitrogens is 2. The third kappa shape index (κ3) is 1.03. The molecule has 0 aliphatic carbocycles. The van der Waals surface area contributed by atoms with Crippen LogP contribution in [0.2, 0.25) is 0 Å². The minimum Gasteiger partial charge on any atom is -0.492 e. The van der Waals surface area contributed by atoms with Crippen molar-refractivity contribution in [1.82, 2.24) is 9.97 Å². The molecule has 0 atom stereocenters. The van der Waals surface area contributed by atoms with E-state index in [0.717, 1.165) is 16.8 Å². The number of hydrogen-bond donors (Lipinski definition) is 1. The van der Waals surface area contributed by atoms with Gasteiger partial charge in [0.05, 0.1) is 18.5 Å². The summed E-state index contributed by atoms with van der Waals surface area (Å²) in [5.74, 6) is 0.844. The van der Waals surface area contributed by atoms with Crippen LogP contribution in [0.25, 0.3) is 11.0 Å². The van der Waals surface area contributed by atoms with Crippen LogP contribution >= 0.6 is 0 Å². The number of para-hydroxylation sites is 1. The minimum atomic E-state index is 0.673. The highest BCUT2D eigenvalue weighted by atomic mass is 16.5. The van der Waals surface area contributed by atoms with Gasteiger partial charge in [0.15, 0.2) is 0 Å². The molecule has 0 fully saturated rings. The van der Waals surface area contributed by atoms with Crippen molar-refractivity contribution in [3.8, 4) is 5.75 Å². The Morgan fingerprint density at radius 2 is 2.42 bits per heavy atom. The van der Waals surface area contributed by atoms with Crippen LogP contribution in [-0.2, 0) is 0 Å². The molecule has 2 aromatic rings. The Morgan fingerprint density at radius 3 is 3.25 bits per heavy atom. The molecule has 0 aliphatic rings. The molecule has 0 spiro atoms. The number of fused-ring (bicyclic) bond motifs is 1. The van der Waals surface area contributed by atoms with E-state index in [1.165, 1.54) is 0 Å². The molecule has 1 aromatic carbocycles. The molecule has 0 amide bonds. The first-order valence-corrected chi connectivity index (χ1v) is 3.96. The molecule has 0 aliphatic heterocycles. The molecule has 1 N–H and O–H groups in total. The summed E-state index contributed by atoms with van der Waals surface area (Å²) in [6, 6.07) is 5.85. The monoisotopic (exact) mass is 162 g/mol. The van der Waals surface area contributed by atoms with Crippen LogP contribution in [0.1, 0.15) is 6.92 Å². The molecule has 0 radical (unpaired) electrons. The average molecular weight is 162 g/mol. The van der Waals surface area contributed by atoms with Gasteiger partial charge in [0.1, 0.15) is 11.3 Å². The number of benzene rings is 1. The SMILES string of the molecule is CCOc1cccc2[nH]cnc12. The van der Waals surface area contributed by atoms with E-state index in [-0.39, 0.29) is 0 Å². The second-order valence-corrected chi connectivity index (χ2v) is 2.49. The fraction of sp³-hybridized carbons (Fsp3) is 0.222. The van der Waals surface area contributed by atoms with E-state index in [2.05, 4.69) is 9.97 Å². The second-order valence-electron chi connectivity index (χ2n) is 2.49. The summed E-state index contributed by atoms with van der Waals surface area (Å²) in [7, 11) is 0. The maximum atomic E-state index is 5.39. The van der Waals surface area contributed by atoms with Gasteiger partial charge >= 0.3 is 0 Å². The summed E-state index contributed by atoms with van der Waals surface area (Å²) in [6.45, 7) is 2.64. The fourth-order valence-electron chi connectivity index (χ4n) is 1.21. The first-order valence-electron chi connectivity index (χ1n) is 3.96. The third-order valence-corrected chi connectivity index (χ3v) is 1.71. The first-order chi connectivity index (χ1) is 5.92. The minimum absolute atomic E-state index is 0.673. The van der Waals surface area contributed by atoms with Crippen molar-refractivity contribution < 1.29 is 4.74 Å². The highest BCUT2D eigenvalue weighted by Gasteiger charge is 2.01.